The Hall–Kier alpha value is -3.04. The van der Waals surface area contributed by atoms with E-state index in [0.717, 1.165) is 12.8 Å². The van der Waals surface area contributed by atoms with Crippen LogP contribution >= 0.6 is 23.2 Å². The van der Waals surface area contributed by atoms with Crippen molar-refractivity contribution in [2.75, 3.05) is 9.80 Å². The SMILES string of the molecule is N#Cc1cccc(C2(O)C(C3CC3)N(c3ccc(Cl)cc3)C(=O)N2c2ccc(Cl)cc2)c1. The molecule has 160 valence electrons. The summed E-state index contributed by atoms with van der Waals surface area (Å²) < 4.78 is 0. The summed E-state index contributed by atoms with van der Waals surface area (Å²) in [5.74, 6) is 0.114. The summed E-state index contributed by atoms with van der Waals surface area (Å²) in [7, 11) is 0. The van der Waals surface area contributed by atoms with Crippen LogP contribution in [0.5, 0.6) is 0 Å². The first-order chi connectivity index (χ1) is 15.4. The topological polar surface area (TPSA) is 67.6 Å². The van der Waals surface area contributed by atoms with E-state index in [1.54, 1.807) is 77.7 Å². The normalized spacial score (nSPS) is 22.8. The third-order valence-electron chi connectivity index (χ3n) is 6.10. The van der Waals surface area contributed by atoms with Crippen LogP contribution in [0.3, 0.4) is 0 Å². The fourth-order valence-electron chi connectivity index (χ4n) is 4.52. The molecule has 1 N–H and O–H groups in total. The average Bonchev–Trinajstić information content (AvgIpc) is 3.61. The highest BCUT2D eigenvalue weighted by Crippen LogP contribution is 2.52. The highest BCUT2D eigenvalue weighted by Gasteiger charge is 2.62. The van der Waals surface area contributed by atoms with Crippen LogP contribution in [0.1, 0.15) is 24.0 Å². The Morgan fingerprint density at radius 2 is 1.53 bits per heavy atom. The van der Waals surface area contributed by atoms with E-state index < -0.39 is 11.8 Å². The predicted molar refractivity (Wildman–Crippen MR) is 125 cm³/mol. The lowest BCUT2D eigenvalue weighted by Crippen LogP contribution is -2.50. The van der Waals surface area contributed by atoms with Crippen LogP contribution < -0.4 is 9.80 Å². The number of benzene rings is 3. The van der Waals surface area contributed by atoms with E-state index >= 15 is 0 Å². The summed E-state index contributed by atoms with van der Waals surface area (Å²) in [5, 5.41) is 22.9. The molecule has 0 spiro atoms. The molecule has 2 atom stereocenters. The Bertz CT molecular complexity index is 1220. The minimum absolute atomic E-state index is 0.114. The van der Waals surface area contributed by atoms with E-state index in [4.69, 9.17) is 23.2 Å². The number of anilines is 2. The van der Waals surface area contributed by atoms with Crippen molar-refractivity contribution >= 4 is 40.6 Å². The number of urea groups is 1. The molecule has 2 amide bonds. The molecule has 5 rings (SSSR count). The van der Waals surface area contributed by atoms with E-state index in [-0.39, 0.29) is 11.9 Å². The second kappa shape index (κ2) is 7.83. The number of nitrogens with zero attached hydrogens (tertiary/aromatic N) is 3. The number of rotatable bonds is 4. The smallest absolute Gasteiger partial charge is 0.332 e. The van der Waals surface area contributed by atoms with Gasteiger partial charge in [-0.3, -0.25) is 9.80 Å². The van der Waals surface area contributed by atoms with Gasteiger partial charge in [-0.05, 0) is 79.4 Å². The molecule has 2 fully saturated rings. The molecule has 1 heterocycles. The maximum absolute atomic E-state index is 13.9. The molecule has 1 saturated carbocycles. The molecule has 1 aliphatic carbocycles. The molecule has 1 saturated heterocycles. The number of aliphatic hydroxyl groups is 1. The van der Waals surface area contributed by atoms with Crippen molar-refractivity contribution in [1.29, 1.82) is 5.26 Å². The molecule has 1 aliphatic heterocycles. The number of amides is 2. The van der Waals surface area contributed by atoms with Gasteiger partial charge in [0.15, 0.2) is 5.72 Å². The summed E-state index contributed by atoms with van der Waals surface area (Å²) in [6, 6.07) is 21.9. The molecule has 3 aromatic carbocycles. The van der Waals surface area contributed by atoms with E-state index in [1.807, 2.05) is 0 Å². The monoisotopic (exact) mass is 463 g/mol. The first-order valence-corrected chi connectivity index (χ1v) is 11.1. The van der Waals surface area contributed by atoms with Crippen LogP contribution in [-0.4, -0.2) is 17.2 Å². The number of nitriles is 1. The highest BCUT2D eigenvalue weighted by atomic mass is 35.5. The maximum atomic E-state index is 13.9. The van der Waals surface area contributed by atoms with Gasteiger partial charge in [0.05, 0.1) is 17.7 Å². The molecule has 2 unspecified atom stereocenters. The molecular weight excluding hydrogens is 445 g/mol. The van der Waals surface area contributed by atoms with Crippen LogP contribution in [0.4, 0.5) is 16.2 Å². The lowest BCUT2D eigenvalue weighted by atomic mass is 9.89. The molecule has 3 aromatic rings. The van der Waals surface area contributed by atoms with E-state index in [2.05, 4.69) is 6.07 Å². The number of hydrogen-bond donors (Lipinski definition) is 1. The van der Waals surface area contributed by atoms with Crippen molar-refractivity contribution in [1.82, 2.24) is 0 Å². The van der Waals surface area contributed by atoms with Gasteiger partial charge in [-0.15, -0.1) is 0 Å². The fraction of sp³-hybridized carbons (Fsp3) is 0.200. The Balaban J connectivity index is 1.74. The summed E-state index contributed by atoms with van der Waals surface area (Å²) in [6.45, 7) is 0. The predicted octanol–water partition coefficient (Wildman–Crippen LogP) is 5.94. The third-order valence-corrected chi connectivity index (χ3v) is 6.61. The van der Waals surface area contributed by atoms with Crippen LogP contribution in [0, 0.1) is 17.2 Å². The van der Waals surface area contributed by atoms with Crippen LogP contribution in [-0.2, 0) is 5.72 Å². The average molecular weight is 464 g/mol. The third kappa shape index (κ3) is 3.32. The van der Waals surface area contributed by atoms with Gasteiger partial charge in [-0.2, -0.15) is 5.26 Å². The van der Waals surface area contributed by atoms with Crippen molar-refractivity contribution in [3.05, 3.63) is 94.0 Å². The minimum Gasteiger partial charge on any atom is -0.365 e. The van der Waals surface area contributed by atoms with Crippen molar-refractivity contribution in [2.45, 2.75) is 24.6 Å². The minimum atomic E-state index is -1.68. The Morgan fingerprint density at radius 1 is 0.938 bits per heavy atom. The summed E-state index contributed by atoms with van der Waals surface area (Å²) >= 11 is 12.2. The van der Waals surface area contributed by atoms with Crippen LogP contribution in [0.25, 0.3) is 0 Å². The van der Waals surface area contributed by atoms with E-state index in [0.29, 0.717) is 32.5 Å². The Labute approximate surface area is 196 Å². The van der Waals surface area contributed by atoms with Crippen molar-refractivity contribution in [3.63, 3.8) is 0 Å². The van der Waals surface area contributed by atoms with Crippen molar-refractivity contribution in [2.24, 2.45) is 5.92 Å². The molecule has 32 heavy (non-hydrogen) atoms. The van der Waals surface area contributed by atoms with Crippen molar-refractivity contribution < 1.29 is 9.90 Å². The zero-order valence-electron chi connectivity index (χ0n) is 17.0. The highest BCUT2D eigenvalue weighted by molar-refractivity contribution is 6.31. The zero-order chi connectivity index (χ0) is 22.5. The van der Waals surface area contributed by atoms with Crippen LogP contribution in [0.15, 0.2) is 72.8 Å². The second-order valence-corrected chi connectivity index (χ2v) is 9.01. The number of carbonyl (C=O) groups excluding carboxylic acids is 1. The largest absolute Gasteiger partial charge is 0.365 e. The molecule has 2 aliphatic rings. The first-order valence-electron chi connectivity index (χ1n) is 10.3. The van der Waals surface area contributed by atoms with Gasteiger partial charge in [-0.25, -0.2) is 4.79 Å². The summed E-state index contributed by atoms with van der Waals surface area (Å²) in [6.07, 6.45) is 1.80. The molecular formula is C25H19Cl2N3O2. The lowest BCUT2D eigenvalue weighted by molar-refractivity contribution is 0.0251. The maximum Gasteiger partial charge on any atom is 0.332 e. The van der Waals surface area contributed by atoms with Gasteiger partial charge in [0.1, 0.15) is 0 Å². The quantitative estimate of drug-likeness (QED) is 0.520. The van der Waals surface area contributed by atoms with Crippen LogP contribution in [0.2, 0.25) is 10.0 Å². The van der Waals surface area contributed by atoms with Gasteiger partial charge >= 0.3 is 6.03 Å². The van der Waals surface area contributed by atoms with Gasteiger partial charge in [-0.1, -0.05) is 35.3 Å². The van der Waals surface area contributed by atoms with E-state index in [9.17, 15) is 15.2 Å². The number of hydrogen-bond acceptors (Lipinski definition) is 3. The molecule has 0 aromatic heterocycles. The van der Waals surface area contributed by atoms with E-state index in [1.165, 1.54) is 4.90 Å². The zero-order valence-corrected chi connectivity index (χ0v) is 18.5. The van der Waals surface area contributed by atoms with Gasteiger partial charge < -0.3 is 5.11 Å². The number of carbonyl (C=O) groups is 1. The number of halogens is 2. The van der Waals surface area contributed by atoms with Gasteiger partial charge in [0.25, 0.3) is 0 Å². The molecule has 5 nitrogen and oxygen atoms in total. The van der Waals surface area contributed by atoms with Gasteiger partial charge in [0.2, 0.25) is 0 Å². The summed E-state index contributed by atoms with van der Waals surface area (Å²) in [4.78, 5) is 17.0. The Kier molecular flexibility index (Phi) is 5.10. The second-order valence-electron chi connectivity index (χ2n) is 8.14. The molecule has 7 heteroatoms. The fourth-order valence-corrected chi connectivity index (χ4v) is 4.78. The summed E-state index contributed by atoms with van der Waals surface area (Å²) in [5.41, 5.74) is 0.402. The molecule has 0 radical (unpaired) electrons. The Morgan fingerprint density at radius 3 is 2.09 bits per heavy atom. The standard InChI is InChI=1S/C25H19Cl2N3O2/c26-19-6-10-21(11-7-19)29-23(17-4-5-17)25(32,18-3-1-2-16(14-18)15-28)30(24(29)31)22-12-8-20(27)9-13-22/h1-3,6-14,17,23,32H,4-5H2. The molecule has 0 bridgehead atoms. The lowest BCUT2D eigenvalue weighted by Gasteiger charge is -2.37. The van der Waals surface area contributed by atoms with Gasteiger partial charge in [0, 0.05) is 27.0 Å². The first kappa shape index (κ1) is 20.8. The van der Waals surface area contributed by atoms with Crippen molar-refractivity contribution in [3.8, 4) is 6.07 Å².